The van der Waals surface area contributed by atoms with Crippen molar-refractivity contribution in [1.29, 1.82) is 0 Å². The van der Waals surface area contributed by atoms with Crippen molar-refractivity contribution in [3.05, 3.63) is 68.7 Å². The van der Waals surface area contributed by atoms with Crippen LogP contribution in [0, 0.1) is 0 Å². The smallest absolute Gasteiger partial charge is 0.291 e. The largest absolute Gasteiger partial charge is 0.490 e. The van der Waals surface area contributed by atoms with Crippen molar-refractivity contribution in [3.8, 4) is 23.0 Å². The summed E-state index contributed by atoms with van der Waals surface area (Å²) in [6, 6.07) is 13.1. The van der Waals surface area contributed by atoms with Gasteiger partial charge in [-0.3, -0.25) is 4.79 Å². The van der Waals surface area contributed by atoms with E-state index in [0.29, 0.717) is 51.5 Å². The Balaban J connectivity index is 1.43. The zero-order valence-corrected chi connectivity index (χ0v) is 19.1. The van der Waals surface area contributed by atoms with E-state index in [9.17, 15) is 4.79 Å². The van der Waals surface area contributed by atoms with E-state index in [2.05, 4.69) is 17.0 Å². The molecule has 0 amide bonds. The van der Waals surface area contributed by atoms with Crippen LogP contribution in [0.15, 0.2) is 47.3 Å². The molecular formula is C24H23N3O5S. The molecule has 170 valence electrons. The second kappa shape index (κ2) is 9.11. The summed E-state index contributed by atoms with van der Waals surface area (Å²) >= 11 is 1.28. The zero-order valence-electron chi connectivity index (χ0n) is 18.3. The predicted octanol–water partition coefficient (Wildman–Crippen LogP) is 3.40. The van der Waals surface area contributed by atoms with E-state index < -0.39 is 6.10 Å². The van der Waals surface area contributed by atoms with Gasteiger partial charge in [-0.2, -0.15) is 9.50 Å². The molecule has 0 fully saturated rings. The van der Waals surface area contributed by atoms with Gasteiger partial charge in [-0.25, -0.2) is 0 Å². The first kappa shape index (κ1) is 21.3. The van der Waals surface area contributed by atoms with E-state index in [4.69, 9.17) is 18.9 Å². The fraction of sp³-hybridized carbons (Fsp3) is 0.292. The molecule has 1 atom stereocenters. The summed E-state index contributed by atoms with van der Waals surface area (Å²) in [5.41, 5.74) is 0.611. The average molecular weight is 466 g/mol. The lowest BCUT2D eigenvalue weighted by atomic mass is 10.2. The van der Waals surface area contributed by atoms with Gasteiger partial charge in [-0.05, 0) is 49.2 Å². The molecule has 0 aliphatic carbocycles. The third-order valence-electron chi connectivity index (χ3n) is 5.02. The van der Waals surface area contributed by atoms with Crippen LogP contribution in [0.3, 0.4) is 0 Å². The summed E-state index contributed by atoms with van der Waals surface area (Å²) in [4.78, 5) is 18.0. The molecule has 0 unspecified atom stereocenters. The maximum Gasteiger partial charge on any atom is 0.291 e. The lowest BCUT2D eigenvalue weighted by molar-refractivity contribution is 0.0852. The number of hydrogen-bond acceptors (Lipinski definition) is 8. The van der Waals surface area contributed by atoms with Crippen molar-refractivity contribution < 1.29 is 18.9 Å². The molecule has 0 bridgehead atoms. The maximum atomic E-state index is 13.0. The standard InChI is InChI=1S/C24H23N3O5S/c1-3-11-30-17-10-9-15(12-19(17)29-4-2)13-21-23(28)27-24(33-21)25-22(26-27)20-14-31-16-7-5-6-8-18(16)32-20/h5-10,12-13,20H,3-4,11,14H2,1-2H3/b21-13+/t20-/m1/s1. The van der Waals surface area contributed by atoms with Crippen LogP contribution in [-0.2, 0) is 0 Å². The van der Waals surface area contributed by atoms with E-state index in [1.165, 1.54) is 15.9 Å². The van der Waals surface area contributed by atoms with E-state index in [1.807, 2.05) is 55.5 Å². The van der Waals surface area contributed by atoms with Crippen LogP contribution in [0.2, 0.25) is 0 Å². The number of benzene rings is 2. The molecule has 4 aromatic rings. The summed E-state index contributed by atoms with van der Waals surface area (Å²) in [7, 11) is 0. The van der Waals surface area contributed by atoms with E-state index in [0.717, 1.165) is 12.0 Å². The minimum absolute atomic E-state index is 0.227. The van der Waals surface area contributed by atoms with Crippen LogP contribution in [0.25, 0.3) is 11.0 Å². The van der Waals surface area contributed by atoms with Crippen LogP contribution in [-0.4, -0.2) is 34.4 Å². The van der Waals surface area contributed by atoms with Crippen molar-refractivity contribution in [3.63, 3.8) is 0 Å². The molecule has 0 radical (unpaired) electrons. The van der Waals surface area contributed by atoms with Crippen molar-refractivity contribution in [1.82, 2.24) is 14.6 Å². The Morgan fingerprint density at radius 2 is 2.00 bits per heavy atom. The number of ether oxygens (including phenoxy) is 4. The number of para-hydroxylation sites is 2. The lowest BCUT2D eigenvalue weighted by Gasteiger charge is -2.24. The summed E-state index contributed by atoms with van der Waals surface area (Å²) in [5, 5.41) is 4.40. The van der Waals surface area contributed by atoms with Gasteiger partial charge in [0, 0.05) is 0 Å². The number of fused-ring (bicyclic) bond motifs is 2. The van der Waals surface area contributed by atoms with Crippen molar-refractivity contribution >= 4 is 22.4 Å². The van der Waals surface area contributed by atoms with E-state index >= 15 is 0 Å². The lowest BCUT2D eigenvalue weighted by Crippen LogP contribution is -2.26. The van der Waals surface area contributed by atoms with Gasteiger partial charge < -0.3 is 18.9 Å². The number of hydrogen-bond donors (Lipinski definition) is 0. The van der Waals surface area contributed by atoms with Crippen molar-refractivity contribution in [2.45, 2.75) is 26.4 Å². The minimum atomic E-state index is -0.469. The highest BCUT2D eigenvalue weighted by Gasteiger charge is 2.27. The van der Waals surface area contributed by atoms with Gasteiger partial charge in [0.1, 0.15) is 6.61 Å². The first-order valence-corrected chi connectivity index (χ1v) is 11.7. The molecule has 1 aliphatic heterocycles. The van der Waals surface area contributed by atoms with Crippen molar-refractivity contribution in [2.75, 3.05) is 19.8 Å². The van der Waals surface area contributed by atoms with Crippen molar-refractivity contribution in [2.24, 2.45) is 0 Å². The number of thiazole rings is 1. The molecule has 0 saturated heterocycles. The topological polar surface area (TPSA) is 84.2 Å². The number of nitrogens with zero attached hydrogens (tertiary/aromatic N) is 3. The second-order valence-electron chi connectivity index (χ2n) is 7.43. The Bertz CT molecular complexity index is 1400. The van der Waals surface area contributed by atoms with Gasteiger partial charge >= 0.3 is 0 Å². The SMILES string of the molecule is CCCOc1ccc(/C=c2/sc3nc([C@H]4COc5ccccc5O4)nn3c2=O)cc1OCC. The Hall–Kier alpha value is -3.59. The molecule has 33 heavy (non-hydrogen) atoms. The van der Waals surface area contributed by atoms with Gasteiger partial charge in [-0.15, -0.1) is 5.10 Å². The van der Waals surface area contributed by atoms with Crippen LogP contribution in [0.1, 0.15) is 37.8 Å². The third-order valence-corrected chi connectivity index (χ3v) is 5.98. The normalized spacial score (nSPS) is 15.7. The summed E-state index contributed by atoms with van der Waals surface area (Å²) in [6.45, 7) is 5.40. The Morgan fingerprint density at radius 3 is 2.79 bits per heavy atom. The highest BCUT2D eigenvalue weighted by atomic mass is 32.1. The number of aromatic nitrogens is 3. The quantitative estimate of drug-likeness (QED) is 0.414. The molecule has 0 spiro atoms. The molecule has 5 rings (SSSR count). The molecule has 3 heterocycles. The fourth-order valence-corrected chi connectivity index (χ4v) is 4.41. The highest BCUT2D eigenvalue weighted by Crippen LogP contribution is 2.35. The Morgan fingerprint density at radius 1 is 1.15 bits per heavy atom. The first-order valence-electron chi connectivity index (χ1n) is 10.9. The maximum absolute atomic E-state index is 13.0. The molecule has 9 heteroatoms. The fourth-order valence-electron chi connectivity index (χ4n) is 3.50. The second-order valence-corrected chi connectivity index (χ2v) is 8.44. The number of rotatable bonds is 7. The highest BCUT2D eigenvalue weighted by molar-refractivity contribution is 7.15. The van der Waals surface area contributed by atoms with E-state index in [-0.39, 0.29) is 12.2 Å². The molecule has 2 aromatic carbocycles. The Kier molecular flexibility index (Phi) is 5.87. The van der Waals surface area contributed by atoms with Gasteiger partial charge in [0.15, 0.2) is 34.9 Å². The molecule has 8 nitrogen and oxygen atoms in total. The first-order chi connectivity index (χ1) is 16.2. The summed E-state index contributed by atoms with van der Waals surface area (Å²) in [6.07, 6.45) is 2.25. The van der Waals surface area contributed by atoms with Crippen LogP contribution in [0.5, 0.6) is 23.0 Å². The predicted molar refractivity (Wildman–Crippen MR) is 125 cm³/mol. The molecule has 2 aromatic heterocycles. The Labute approximate surface area is 194 Å². The van der Waals surface area contributed by atoms with E-state index in [1.54, 1.807) is 0 Å². The van der Waals surface area contributed by atoms with Gasteiger partial charge in [0.25, 0.3) is 5.56 Å². The van der Waals surface area contributed by atoms with Crippen LogP contribution >= 0.6 is 11.3 Å². The monoisotopic (exact) mass is 465 g/mol. The van der Waals surface area contributed by atoms with Gasteiger partial charge in [-0.1, -0.05) is 36.5 Å². The summed E-state index contributed by atoms with van der Waals surface area (Å²) in [5.74, 6) is 3.11. The van der Waals surface area contributed by atoms with Crippen LogP contribution in [0.4, 0.5) is 0 Å². The molecule has 1 aliphatic rings. The van der Waals surface area contributed by atoms with Gasteiger partial charge in [0.2, 0.25) is 4.96 Å². The molecular weight excluding hydrogens is 442 g/mol. The summed E-state index contributed by atoms with van der Waals surface area (Å²) < 4.78 is 25.0. The van der Waals surface area contributed by atoms with Gasteiger partial charge in [0.05, 0.1) is 17.7 Å². The zero-order chi connectivity index (χ0) is 22.8. The third kappa shape index (κ3) is 4.23. The average Bonchev–Trinajstić information content (AvgIpc) is 3.38. The molecule has 0 N–H and O–H groups in total. The van der Waals surface area contributed by atoms with Crippen LogP contribution < -0.4 is 29.0 Å². The molecule has 0 saturated carbocycles. The minimum Gasteiger partial charge on any atom is -0.490 e.